The molecular formula is C22H27NO4S. The molecule has 0 aromatic heterocycles. The number of hydrogen-bond acceptors (Lipinski definition) is 5. The third-order valence-electron chi connectivity index (χ3n) is 5.40. The van der Waals surface area contributed by atoms with Crippen LogP contribution >= 0.6 is 11.8 Å². The Kier molecular flexibility index (Phi) is 6.86. The van der Waals surface area contributed by atoms with Crippen LogP contribution in [-0.4, -0.2) is 49.5 Å². The molecular weight excluding hydrogens is 374 g/mol. The first-order valence-corrected chi connectivity index (χ1v) is 10.6. The van der Waals surface area contributed by atoms with E-state index >= 15 is 0 Å². The standard InChI is InChI=1S/C22H27NO4S/c1-26-19-9-6-17(14-20(19)27-2)21(15-4-7-18(28-3)8-5-15)23-12-10-16(11-13-23)22(24)25/h4-9,14,16,21H,10-13H2,1-3H3,(H,24,25). The molecule has 2 aromatic carbocycles. The molecule has 1 unspecified atom stereocenters. The molecule has 1 aliphatic rings. The van der Waals surface area contributed by atoms with Gasteiger partial charge in [-0.1, -0.05) is 18.2 Å². The first kappa shape index (κ1) is 20.6. The molecule has 0 spiro atoms. The van der Waals surface area contributed by atoms with E-state index in [1.807, 2.05) is 12.1 Å². The molecule has 5 nitrogen and oxygen atoms in total. The van der Waals surface area contributed by atoms with Gasteiger partial charge in [0.25, 0.3) is 0 Å². The third-order valence-corrected chi connectivity index (χ3v) is 6.14. The van der Waals surface area contributed by atoms with Crippen molar-refractivity contribution in [1.82, 2.24) is 4.90 Å². The Morgan fingerprint density at radius 2 is 1.64 bits per heavy atom. The summed E-state index contributed by atoms with van der Waals surface area (Å²) in [5, 5.41) is 9.33. The number of rotatable bonds is 7. The van der Waals surface area contributed by atoms with E-state index in [-0.39, 0.29) is 12.0 Å². The molecule has 1 aliphatic heterocycles. The molecule has 150 valence electrons. The van der Waals surface area contributed by atoms with Crippen molar-refractivity contribution in [2.24, 2.45) is 5.92 Å². The predicted molar refractivity (Wildman–Crippen MR) is 112 cm³/mol. The molecule has 3 rings (SSSR count). The number of ether oxygens (including phenoxy) is 2. The van der Waals surface area contributed by atoms with Crippen LogP contribution in [0.3, 0.4) is 0 Å². The minimum atomic E-state index is -0.688. The molecule has 0 amide bonds. The molecule has 0 saturated carbocycles. The van der Waals surface area contributed by atoms with Gasteiger partial charge in [-0.3, -0.25) is 9.69 Å². The number of benzene rings is 2. The largest absolute Gasteiger partial charge is 0.493 e. The number of carboxylic acids is 1. The zero-order valence-electron chi connectivity index (χ0n) is 16.6. The van der Waals surface area contributed by atoms with Crippen molar-refractivity contribution in [2.75, 3.05) is 33.6 Å². The van der Waals surface area contributed by atoms with Crippen molar-refractivity contribution in [2.45, 2.75) is 23.8 Å². The summed E-state index contributed by atoms with van der Waals surface area (Å²) in [4.78, 5) is 14.9. The second-order valence-electron chi connectivity index (χ2n) is 6.94. The summed E-state index contributed by atoms with van der Waals surface area (Å²) in [5.41, 5.74) is 2.31. The normalized spacial score (nSPS) is 16.5. The van der Waals surface area contributed by atoms with Crippen molar-refractivity contribution in [3.63, 3.8) is 0 Å². The monoisotopic (exact) mass is 401 g/mol. The Labute approximate surface area is 170 Å². The summed E-state index contributed by atoms with van der Waals surface area (Å²) in [7, 11) is 3.27. The molecule has 1 N–H and O–H groups in total. The lowest BCUT2D eigenvalue weighted by atomic mass is 9.91. The van der Waals surface area contributed by atoms with Gasteiger partial charge in [-0.25, -0.2) is 0 Å². The maximum atomic E-state index is 11.3. The number of carbonyl (C=O) groups is 1. The highest BCUT2D eigenvalue weighted by molar-refractivity contribution is 7.98. The van der Waals surface area contributed by atoms with Crippen molar-refractivity contribution < 1.29 is 19.4 Å². The summed E-state index contributed by atoms with van der Waals surface area (Å²) in [6.07, 6.45) is 3.40. The number of likely N-dealkylation sites (tertiary alicyclic amines) is 1. The molecule has 0 bridgehead atoms. The number of hydrogen-bond donors (Lipinski definition) is 1. The molecule has 6 heteroatoms. The van der Waals surface area contributed by atoms with Crippen LogP contribution in [-0.2, 0) is 4.79 Å². The summed E-state index contributed by atoms with van der Waals surface area (Å²) >= 11 is 1.72. The maximum Gasteiger partial charge on any atom is 0.306 e. The second-order valence-corrected chi connectivity index (χ2v) is 7.82. The highest BCUT2D eigenvalue weighted by Gasteiger charge is 2.30. The SMILES string of the molecule is COc1ccc(C(c2ccc(SC)cc2)N2CCC(C(=O)O)CC2)cc1OC. The first-order chi connectivity index (χ1) is 13.6. The predicted octanol–water partition coefficient (Wildman–Crippen LogP) is 4.31. The van der Waals surface area contributed by atoms with Gasteiger partial charge in [-0.2, -0.15) is 0 Å². The van der Waals surface area contributed by atoms with Gasteiger partial charge < -0.3 is 14.6 Å². The molecule has 2 aromatic rings. The fraction of sp³-hybridized carbons (Fsp3) is 0.409. The highest BCUT2D eigenvalue weighted by atomic mass is 32.2. The van der Waals surface area contributed by atoms with Crippen LogP contribution in [0.4, 0.5) is 0 Å². The molecule has 1 heterocycles. The van der Waals surface area contributed by atoms with Crippen LogP contribution in [0.2, 0.25) is 0 Å². The van der Waals surface area contributed by atoms with Crippen molar-refractivity contribution in [3.8, 4) is 11.5 Å². The van der Waals surface area contributed by atoms with Crippen molar-refractivity contribution in [3.05, 3.63) is 53.6 Å². The Morgan fingerprint density at radius 3 is 2.18 bits per heavy atom. The number of thioether (sulfide) groups is 1. The zero-order valence-corrected chi connectivity index (χ0v) is 17.4. The number of nitrogens with zero attached hydrogens (tertiary/aromatic N) is 1. The van der Waals surface area contributed by atoms with E-state index in [4.69, 9.17) is 9.47 Å². The summed E-state index contributed by atoms with van der Waals surface area (Å²) < 4.78 is 10.9. The van der Waals surface area contributed by atoms with E-state index in [1.54, 1.807) is 26.0 Å². The fourth-order valence-electron chi connectivity index (χ4n) is 3.83. The van der Waals surface area contributed by atoms with Crippen molar-refractivity contribution >= 4 is 17.7 Å². The molecule has 1 saturated heterocycles. The van der Waals surface area contributed by atoms with Crippen LogP contribution in [0.1, 0.15) is 30.0 Å². The highest BCUT2D eigenvalue weighted by Crippen LogP contribution is 2.37. The minimum Gasteiger partial charge on any atom is -0.493 e. The minimum absolute atomic E-state index is 0.0467. The van der Waals surface area contributed by atoms with Gasteiger partial charge >= 0.3 is 5.97 Å². The average Bonchev–Trinajstić information content (AvgIpc) is 2.74. The van der Waals surface area contributed by atoms with E-state index < -0.39 is 5.97 Å². The quantitative estimate of drug-likeness (QED) is 0.698. The van der Waals surface area contributed by atoms with Gasteiger partial charge in [-0.15, -0.1) is 11.8 Å². The zero-order chi connectivity index (χ0) is 20.1. The van der Waals surface area contributed by atoms with Gasteiger partial charge in [0.2, 0.25) is 0 Å². The lowest BCUT2D eigenvalue weighted by Gasteiger charge is -2.37. The maximum absolute atomic E-state index is 11.3. The van der Waals surface area contributed by atoms with E-state index in [2.05, 4.69) is 41.5 Å². The van der Waals surface area contributed by atoms with Crippen molar-refractivity contribution in [1.29, 1.82) is 0 Å². The number of piperidine rings is 1. The Bertz CT molecular complexity index is 801. The summed E-state index contributed by atoms with van der Waals surface area (Å²) in [6.45, 7) is 1.50. The van der Waals surface area contributed by atoms with E-state index in [9.17, 15) is 9.90 Å². The van der Waals surface area contributed by atoms with E-state index in [0.717, 1.165) is 18.7 Å². The molecule has 1 atom stereocenters. The first-order valence-electron chi connectivity index (χ1n) is 9.40. The lowest BCUT2D eigenvalue weighted by Crippen LogP contribution is -2.39. The number of carboxylic acid groups (broad SMARTS) is 1. The molecule has 28 heavy (non-hydrogen) atoms. The topological polar surface area (TPSA) is 59.0 Å². The second kappa shape index (κ2) is 9.34. The van der Waals surface area contributed by atoms with Gasteiger partial charge in [0, 0.05) is 4.90 Å². The number of aliphatic carboxylic acids is 1. The molecule has 1 fully saturated rings. The summed E-state index contributed by atoms with van der Waals surface area (Å²) in [5.74, 6) is 0.464. The fourth-order valence-corrected chi connectivity index (χ4v) is 4.24. The van der Waals surface area contributed by atoms with Crippen LogP contribution in [0.5, 0.6) is 11.5 Å². The van der Waals surface area contributed by atoms with Crippen LogP contribution in [0, 0.1) is 5.92 Å². The lowest BCUT2D eigenvalue weighted by molar-refractivity contribution is -0.143. The van der Waals surface area contributed by atoms with Gasteiger partial charge in [-0.05, 0) is 67.6 Å². The summed E-state index contributed by atoms with van der Waals surface area (Å²) in [6, 6.07) is 14.7. The van der Waals surface area contributed by atoms with Gasteiger partial charge in [0.15, 0.2) is 11.5 Å². The van der Waals surface area contributed by atoms with E-state index in [1.165, 1.54) is 10.5 Å². The van der Waals surface area contributed by atoms with Crippen LogP contribution < -0.4 is 9.47 Å². The van der Waals surface area contributed by atoms with Crippen LogP contribution in [0.15, 0.2) is 47.4 Å². The Hall–Kier alpha value is -2.18. The van der Waals surface area contributed by atoms with Crippen LogP contribution in [0.25, 0.3) is 0 Å². The van der Waals surface area contributed by atoms with E-state index in [0.29, 0.717) is 24.3 Å². The Morgan fingerprint density at radius 1 is 1.04 bits per heavy atom. The smallest absolute Gasteiger partial charge is 0.306 e. The Balaban J connectivity index is 1.96. The van der Waals surface area contributed by atoms with Gasteiger partial charge in [0.1, 0.15) is 0 Å². The third kappa shape index (κ3) is 4.45. The average molecular weight is 402 g/mol. The molecule has 0 radical (unpaired) electrons. The van der Waals surface area contributed by atoms with Gasteiger partial charge in [0.05, 0.1) is 26.2 Å². The molecule has 0 aliphatic carbocycles. The number of methoxy groups -OCH3 is 2.